The Bertz CT molecular complexity index is 511. The van der Waals surface area contributed by atoms with E-state index in [1.165, 1.54) is 19.3 Å². The highest BCUT2D eigenvalue weighted by molar-refractivity contribution is 7.99. The van der Waals surface area contributed by atoms with Crippen molar-refractivity contribution in [3.05, 3.63) is 17.1 Å². The molecule has 5 heteroatoms. The Morgan fingerprint density at radius 3 is 2.52 bits per heavy atom. The third kappa shape index (κ3) is 4.19. The third-order valence-electron chi connectivity index (χ3n) is 3.81. The lowest BCUT2D eigenvalue weighted by Crippen LogP contribution is -2.14. The number of aromatic carboxylic acids is 1. The summed E-state index contributed by atoms with van der Waals surface area (Å²) >= 11 is 1.54. The zero-order chi connectivity index (χ0) is 15.4. The second-order valence-electron chi connectivity index (χ2n) is 6.19. The minimum Gasteiger partial charge on any atom is -0.478 e. The van der Waals surface area contributed by atoms with Gasteiger partial charge in [-0.15, -0.1) is 11.8 Å². The van der Waals surface area contributed by atoms with E-state index < -0.39 is 5.97 Å². The van der Waals surface area contributed by atoms with Crippen molar-refractivity contribution in [2.75, 3.05) is 5.75 Å². The summed E-state index contributed by atoms with van der Waals surface area (Å²) in [7, 11) is 0. The van der Waals surface area contributed by atoms with Crippen molar-refractivity contribution in [1.29, 1.82) is 0 Å². The monoisotopic (exact) mass is 308 g/mol. The summed E-state index contributed by atoms with van der Waals surface area (Å²) in [5.74, 6) is 1.71. The fourth-order valence-corrected chi connectivity index (χ4v) is 3.74. The van der Waals surface area contributed by atoms with Gasteiger partial charge in [0.15, 0.2) is 0 Å². The first-order valence-electron chi connectivity index (χ1n) is 7.73. The molecule has 0 radical (unpaired) electrons. The molecular formula is C16H24N2O2S. The molecule has 1 aromatic heterocycles. The fourth-order valence-electron chi connectivity index (χ4n) is 2.71. The van der Waals surface area contributed by atoms with Crippen LogP contribution in [-0.2, 0) is 0 Å². The van der Waals surface area contributed by atoms with Gasteiger partial charge in [0, 0.05) is 11.7 Å². The molecule has 0 saturated heterocycles. The lowest BCUT2D eigenvalue weighted by molar-refractivity contribution is 0.0690. The topological polar surface area (TPSA) is 63.1 Å². The molecule has 116 valence electrons. The number of rotatable bonds is 5. The largest absolute Gasteiger partial charge is 0.478 e. The highest BCUT2D eigenvalue weighted by atomic mass is 32.2. The van der Waals surface area contributed by atoms with E-state index in [9.17, 15) is 9.90 Å². The van der Waals surface area contributed by atoms with Gasteiger partial charge in [-0.3, -0.25) is 0 Å². The molecule has 1 aliphatic rings. The molecule has 1 aromatic rings. The Hall–Kier alpha value is -1.10. The standard InChI is InChI=1S/C16H24N2O2S/c1-10(2)9-21-15-13(16(19)20)11(3)17-14(18-15)12-7-5-4-6-8-12/h10,12H,4-9H2,1-3H3,(H,19,20). The van der Waals surface area contributed by atoms with E-state index in [0.29, 0.717) is 22.6 Å². The highest BCUT2D eigenvalue weighted by Gasteiger charge is 2.23. The average molecular weight is 308 g/mol. The summed E-state index contributed by atoms with van der Waals surface area (Å²) in [6, 6.07) is 0. The number of nitrogens with zero attached hydrogens (tertiary/aromatic N) is 2. The highest BCUT2D eigenvalue weighted by Crippen LogP contribution is 2.33. The first kappa shape index (κ1) is 16.3. The van der Waals surface area contributed by atoms with Gasteiger partial charge in [0.25, 0.3) is 0 Å². The van der Waals surface area contributed by atoms with Gasteiger partial charge < -0.3 is 5.11 Å². The Balaban J connectivity index is 2.33. The lowest BCUT2D eigenvalue weighted by Gasteiger charge is -2.21. The number of thioether (sulfide) groups is 1. The van der Waals surface area contributed by atoms with Gasteiger partial charge in [0.05, 0.1) is 5.69 Å². The molecule has 0 spiro atoms. The van der Waals surface area contributed by atoms with Crippen molar-refractivity contribution in [3.63, 3.8) is 0 Å². The number of carboxylic acid groups (broad SMARTS) is 1. The molecule has 2 rings (SSSR count). The second-order valence-corrected chi connectivity index (χ2v) is 7.20. The molecule has 21 heavy (non-hydrogen) atoms. The van der Waals surface area contributed by atoms with E-state index in [0.717, 1.165) is 24.4 Å². The molecule has 0 amide bonds. The van der Waals surface area contributed by atoms with E-state index in [-0.39, 0.29) is 5.56 Å². The number of aromatic nitrogens is 2. The molecule has 1 heterocycles. The van der Waals surface area contributed by atoms with Crippen LogP contribution in [0.2, 0.25) is 0 Å². The summed E-state index contributed by atoms with van der Waals surface area (Å²) in [4.78, 5) is 20.6. The quantitative estimate of drug-likeness (QED) is 0.650. The number of aryl methyl sites for hydroxylation is 1. The second kappa shape index (κ2) is 7.25. The van der Waals surface area contributed by atoms with Crippen LogP contribution in [0.15, 0.2) is 5.03 Å². The van der Waals surface area contributed by atoms with Gasteiger partial charge in [-0.1, -0.05) is 33.1 Å². The number of hydrogen-bond acceptors (Lipinski definition) is 4. The molecule has 1 aliphatic carbocycles. The Morgan fingerprint density at radius 1 is 1.29 bits per heavy atom. The maximum Gasteiger partial charge on any atom is 0.340 e. The first-order chi connectivity index (χ1) is 9.99. The van der Waals surface area contributed by atoms with E-state index in [4.69, 9.17) is 0 Å². The SMILES string of the molecule is Cc1nc(C2CCCCC2)nc(SCC(C)C)c1C(=O)O. The minimum absolute atomic E-state index is 0.278. The summed E-state index contributed by atoms with van der Waals surface area (Å²) in [5.41, 5.74) is 0.879. The molecular weight excluding hydrogens is 284 g/mol. The smallest absolute Gasteiger partial charge is 0.340 e. The summed E-state index contributed by atoms with van der Waals surface area (Å²) in [6.07, 6.45) is 5.99. The Morgan fingerprint density at radius 2 is 1.95 bits per heavy atom. The van der Waals surface area contributed by atoms with Crippen LogP contribution in [0.25, 0.3) is 0 Å². The van der Waals surface area contributed by atoms with Gasteiger partial charge >= 0.3 is 5.97 Å². The van der Waals surface area contributed by atoms with Crippen molar-refractivity contribution in [2.45, 2.75) is 63.8 Å². The molecule has 0 aromatic carbocycles. The lowest BCUT2D eigenvalue weighted by atomic mass is 9.88. The van der Waals surface area contributed by atoms with Crippen molar-refractivity contribution >= 4 is 17.7 Å². The van der Waals surface area contributed by atoms with E-state index in [1.54, 1.807) is 18.7 Å². The molecule has 0 aliphatic heterocycles. The van der Waals surface area contributed by atoms with E-state index >= 15 is 0 Å². The molecule has 4 nitrogen and oxygen atoms in total. The summed E-state index contributed by atoms with van der Waals surface area (Å²) < 4.78 is 0. The molecule has 1 N–H and O–H groups in total. The van der Waals surface area contributed by atoms with Crippen molar-refractivity contribution in [3.8, 4) is 0 Å². The predicted molar refractivity (Wildman–Crippen MR) is 85.1 cm³/mol. The van der Waals surface area contributed by atoms with Crippen LogP contribution >= 0.6 is 11.8 Å². The van der Waals surface area contributed by atoms with Crippen LogP contribution in [0, 0.1) is 12.8 Å². The summed E-state index contributed by atoms with van der Waals surface area (Å²) in [6.45, 7) is 6.05. The van der Waals surface area contributed by atoms with Crippen LogP contribution in [-0.4, -0.2) is 26.8 Å². The molecule has 1 fully saturated rings. The minimum atomic E-state index is -0.922. The predicted octanol–water partition coefficient (Wildman–Crippen LogP) is 4.28. The van der Waals surface area contributed by atoms with Gasteiger partial charge in [0.1, 0.15) is 16.4 Å². The molecule has 0 unspecified atom stereocenters. The third-order valence-corrected chi connectivity index (χ3v) is 5.21. The molecule has 0 atom stereocenters. The van der Waals surface area contributed by atoms with Crippen LogP contribution in [0.4, 0.5) is 0 Å². The number of hydrogen-bond donors (Lipinski definition) is 1. The van der Waals surface area contributed by atoms with E-state index in [1.807, 2.05) is 0 Å². The number of carboxylic acids is 1. The van der Waals surface area contributed by atoms with Crippen molar-refractivity contribution in [1.82, 2.24) is 9.97 Å². The first-order valence-corrected chi connectivity index (χ1v) is 8.72. The maximum absolute atomic E-state index is 11.5. The zero-order valence-corrected chi connectivity index (χ0v) is 13.9. The van der Waals surface area contributed by atoms with Gasteiger partial charge in [0.2, 0.25) is 0 Å². The van der Waals surface area contributed by atoms with Gasteiger partial charge in [-0.05, 0) is 25.7 Å². The fraction of sp³-hybridized carbons (Fsp3) is 0.688. The molecule has 1 saturated carbocycles. The van der Waals surface area contributed by atoms with Crippen molar-refractivity contribution < 1.29 is 9.90 Å². The van der Waals surface area contributed by atoms with Crippen molar-refractivity contribution in [2.24, 2.45) is 5.92 Å². The van der Waals surface area contributed by atoms with Crippen LogP contribution in [0.5, 0.6) is 0 Å². The van der Waals surface area contributed by atoms with Crippen LogP contribution in [0.1, 0.15) is 73.7 Å². The Kier molecular flexibility index (Phi) is 5.62. The molecule has 0 bridgehead atoms. The number of carbonyl (C=O) groups is 1. The van der Waals surface area contributed by atoms with Gasteiger partial charge in [-0.25, -0.2) is 14.8 Å². The zero-order valence-electron chi connectivity index (χ0n) is 13.1. The normalized spacial score (nSPS) is 16.4. The average Bonchev–Trinajstić information content (AvgIpc) is 2.45. The Labute approximate surface area is 130 Å². The maximum atomic E-state index is 11.5. The van der Waals surface area contributed by atoms with E-state index in [2.05, 4.69) is 23.8 Å². The van der Waals surface area contributed by atoms with Crippen LogP contribution in [0.3, 0.4) is 0 Å². The van der Waals surface area contributed by atoms with Crippen LogP contribution < -0.4 is 0 Å². The van der Waals surface area contributed by atoms with Gasteiger partial charge in [-0.2, -0.15) is 0 Å². The summed E-state index contributed by atoms with van der Waals surface area (Å²) in [5, 5.41) is 10.1.